The first-order valence-electron chi connectivity index (χ1n) is 11.0. The molecule has 33 heavy (non-hydrogen) atoms. The lowest BCUT2D eigenvalue weighted by Gasteiger charge is -2.38. The van der Waals surface area contributed by atoms with Crippen molar-refractivity contribution in [3.05, 3.63) is 76.3 Å². The third kappa shape index (κ3) is 4.73. The average molecular weight is 465 g/mol. The van der Waals surface area contributed by atoms with Crippen LogP contribution in [-0.4, -0.2) is 31.5 Å². The van der Waals surface area contributed by atoms with Gasteiger partial charge in [0.25, 0.3) is 0 Å². The van der Waals surface area contributed by atoms with Crippen molar-refractivity contribution in [3.8, 4) is 5.75 Å². The number of pyridine rings is 1. The molecule has 0 atom stereocenters. The molecular weight excluding hydrogens is 439 g/mol. The molecule has 0 aliphatic heterocycles. The van der Waals surface area contributed by atoms with Crippen LogP contribution in [0.5, 0.6) is 5.75 Å². The molecule has 0 radical (unpaired) electrons. The number of nitrogens with one attached hydrogen (secondary N) is 2. The van der Waals surface area contributed by atoms with Crippen LogP contribution in [0.1, 0.15) is 41.9 Å². The summed E-state index contributed by atoms with van der Waals surface area (Å²) in [5, 5.41) is 19.7. The highest BCUT2D eigenvalue weighted by Gasteiger charge is 2.40. The highest BCUT2D eigenvalue weighted by atomic mass is 32.1. The zero-order valence-electron chi connectivity index (χ0n) is 18.3. The quantitative estimate of drug-likeness (QED) is 0.383. The summed E-state index contributed by atoms with van der Waals surface area (Å²) in [5.41, 5.74) is 3.21. The predicted molar refractivity (Wildman–Crippen MR) is 125 cm³/mol. The van der Waals surface area contributed by atoms with Gasteiger partial charge in [0.2, 0.25) is 0 Å². The van der Waals surface area contributed by atoms with E-state index >= 15 is 0 Å². The molecule has 4 aromatic rings. The Labute approximate surface area is 195 Å². The molecule has 7 nitrogen and oxygen atoms in total. The Morgan fingerprint density at radius 2 is 2.03 bits per heavy atom. The minimum absolute atomic E-state index is 0.0244. The monoisotopic (exact) mass is 464 g/mol. The van der Waals surface area contributed by atoms with Crippen LogP contribution in [0.15, 0.2) is 54.2 Å². The van der Waals surface area contributed by atoms with Crippen molar-refractivity contribution in [1.82, 2.24) is 25.4 Å². The van der Waals surface area contributed by atoms with Crippen LogP contribution in [0.25, 0.3) is 0 Å². The smallest absolute Gasteiger partial charge is 0.167 e. The van der Waals surface area contributed by atoms with Crippen LogP contribution in [0.4, 0.5) is 16.0 Å². The van der Waals surface area contributed by atoms with Crippen molar-refractivity contribution >= 4 is 23.0 Å². The van der Waals surface area contributed by atoms with Crippen molar-refractivity contribution in [1.29, 1.82) is 0 Å². The van der Waals surface area contributed by atoms with Gasteiger partial charge in [-0.1, -0.05) is 18.2 Å². The number of hydrogen-bond acceptors (Lipinski definition) is 7. The number of anilines is 2. The Bertz CT molecular complexity index is 1190. The summed E-state index contributed by atoms with van der Waals surface area (Å²) in [5.74, 6) is 1.61. The third-order valence-corrected chi connectivity index (χ3v) is 7.18. The topological polar surface area (TPSA) is 88.6 Å². The Morgan fingerprint density at radius 1 is 1.18 bits per heavy atom. The van der Waals surface area contributed by atoms with Gasteiger partial charge in [0.15, 0.2) is 11.6 Å². The van der Waals surface area contributed by atoms with E-state index in [0.717, 1.165) is 54.4 Å². The maximum Gasteiger partial charge on any atom is 0.167 e. The van der Waals surface area contributed by atoms with Crippen LogP contribution >= 0.6 is 11.3 Å². The van der Waals surface area contributed by atoms with E-state index in [1.165, 1.54) is 0 Å². The van der Waals surface area contributed by atoms with Gasteiger partial charge in [-0.3, -0.25) is 5.10 Å². The highest BCUT2D eigenvalue weighted by Crippen LogP contribution is 2.43. The molecule has 9 heteroatoms. The van der Waals surface area contributed by atoms with Crippen LogP contribution < -0.4 is 10.1 Å². The number of aromatic nitrogens is 5. The first-order chi connectivity index (χ1) is 16.1. The van der Waals surface area contributed by atoms with E-state index in [1.54, 1.807) is 42.1 Å². The molecule has 0 bridgehead atoms. The highest BCUT2D eigenvalue weighted by molar-refractivity contribution is 7.09. The fourth-order valence-electron chi connectivity index (χ4n) is 4.48. The predicted octanol–water partition coefficient (Wildman–Crippen LogP) is 5.35. The average Bonchev–Trinajstić information content (AvgIpc) is 3.54. The van der Waals surface area contributed by atoms with Crippen LogP contribution in [0.2, 0.25) is 0 Å². The van der Waals surface area contributed by atoms with Gasteiger partial charge in [0, 0.05) is 23.6 Å². The van der Waals surface area contributed by atoms with Gasteiger partial charge in [-0.2, -0.15) is 5.10 Å². The number of aryl methyl sites for hydroxylation is 1. The summed E-state index contributed by atoms with van der Waals surface area (Å²) in [4.78, 5) is 4.82. The summed E-state index contributed by atoms with van der Waals surface area (Å²) < 4.78 is 20.5. The van der Waals surface area contributed by atoms with E-state index in [-0.39, 0.29) is 17.3 Å². The minimum atomic E-state index is -0.274. The number of ether oxygens (including phenoxy) is 1. The number of benzene rings is 1. The molecule has 0 spiro atoms. The molecular formula is C24H25FN6OS. The Balaban J connectivity index is 1.32. The number of aromatic amines is 1. The van der Waals surface area contributed by atoms with E-state index in [4.69, 9.17) is 9.72 Å². The van der Waals surface area contributed by atoms with Gasteiger partial charge in [-0.05, 0) is 56.4 Å². The van der Waals surface area contributed by atoms with E-state index < -0.39 is 0 Å². The van der Waals surface area contributed by atoms with Gasteiger partial charge >= 0.3 is 0 Å². The molecule has 0 amide bonds. The lowest BCUT2D eigenvalue weighted by Crippen LogP contribution is -2.38. The molecule has 1 aliphatic rings. The van der Waals surface area contributed by atoms with Gasteiger partial charge in [0.1, 0.15) is 22.2 Å². The van der Waals surface area contributed by atoms with Crippen molar-refractivity contribution in [2.24, 2.45) is 0 Å². The number of H-pyrrole nitrogens is 1. The molecule has 0 unspecified atom stereocenters. The van der Waals surface area contributed by atoms with Crippen molar-refractivity contribution in [3.63, 3.8) is 0 Å². The van der Waals surface area contributed by atoms with Crippen molar-refractivity contribution < 1.29 is 9.13 Å². The standard InChI is InChI=1S/C24H25FN6OS/c1-16-4-2-6-19(22(16)25)32-18-8-11-24(12-9-18,23-31-27-15-33-23)14-17-5-3-7-20(28-17)29-21-10-13-26-30-21/h2-7,10,13,15,18H,8-9,11-12,14H2,1H3,(H2,26,28,29,30). The SMILES string of the molecule is Cc1cccc(OC2CCC(Cc3cccc(Nc4ccn[nH]4)n3)(c3nncs3)CC2)c1F. The molecule has 2 N–H and O–H groups in total. The van der Waals surface area contributed by atoms with Crippen molar-refractivity contribution in [2.45, 2.75) is 50.5 Å². The van der Waals surface area contributed by atoms with Crippen LogP contribution in [-0.2, 0) is 11.8 Å². The molecule has 1 saturated carbocycles. The van der Waals surface area contributed by atoms with E-state index in [1.807, 2.05) is 30.3 Å². The first-order valence-corrected chi connectivity index (χ1v) is 11.9. The number of halogens is 1. The number of hydrogen-bond donors (Lipinski definition) is 2. The molecule has 3 aromatic heterocycles. The van der Waals surface area contributed by atoms with E-state index in [2.05, 4.69) is 25.7 Å². The lowest BCUT2D eigenvalue weighted by molar-refractivity contribution is 0.110. The second-order valence-corrected chi connectivity index (χ2v) is 9.35. The second-order valence-electron chi connectivity index (χ2n) is 8.51. The van der Waals surface area contributed by atoms with Gasteiger partial charge < -0.3 is 10.1 Å². The summed E-state index contributed by atoms with van der Waals surface area (Å²) in [6.07, 6.45) is 5.81. The molecule has 3 heterocycles. The maximum atomic E-state index is 14.4. The van der Waals surface area contributed by atoms with E-state index in [9.17, 15) is 4.39 Å². The molecule has 1 aliphatic carbocycles. The molecule has 1 fully saturated rings. The summed E-state index contributed by atoms with van der Waals surface area (Å²) in [6.45, 7) is 1.76. The molecule has 5 rings (SSSR count). The normalized spacial score (nSPS) is 20.5. The van der Waals surface area contributed by atoms with Crippen molar-refractivity contribution in [2.75, 3.05) is 5.32 Å². The first kappa shape index (κ1) is 21.5. The summed E-state index contributed by atoms with van der Waals surface area (Å²) in [7, 11) is 0. The molecule has 1 aromatic carbocycles. The van der Waals surface area contributed by atoms with E-state index in [0.29, 0.717) is 11.3 Å². The Kier molecular flexibility index (Phi) is 6.04. The Morgan fingerprint density at radius 3 is 2.79 bits per heavy atom. The summed E-state index contributed by atoms with van der Waals surface area (Å²) in [6, 6.07) is 13.1. The minimum Gasteiger partial charge on any atom is -0.487 e. The number of nitrogens with zero attached hydrogens (tertiary/aromatic N) is 4. The fraction of sp³-hybridized carbons (Fsp3) is 0.333. The van der Waals surface area contributed by atoms with Crippen LogP contribution in [0, 0.1) is 12.7 Å². The van der Waals surface area contributed by atoms with Gasteiger partial charge in [0.05, 0.1) is 12.3 Å². The molecule has 0 saturated heterocycles. The maximum absolute atomic E-state index is 14.4. The molecule has 170 valence electrons. The lowest BCUT2D eigenvalue weighted by atomic mass is 9.70. The third-order valence-electron chi connectivity index (χ3n) is 6.24. The zero-order chi connectivity index (χ0) is 22.7. The van der Waals surface area contributed by atoms with Crippen LogP contribution in [0.3, 0.4) is 0 Å². The fourth-order valence-corrected chi connectivity index (χ4v) is 5.30. The zero-order valence-corrected chi connectivity index (χ0v) is 19.1. The van der Waals surface area contributed by atoms with Gasteiger partial charge in [-0.25, -0.2) is 9.37 Å². The Hall–Kier alpha value is -3.33. The largest absolute Gasteiger partial charge is 0.487 e. The second kappa shape index (κ2) is 9.27. The van der Waals surface area contributed by atoms with Gasteiger partial charge in [-0.15, -0.1) is 21.5 Å². The number of rotatable bonds is 7. The summed E-state index contributed by atoms with van der Waals surface area (Å²) >= 11 is 1.59.